The van der Waals surface area contributed by atoms with Gasteiger partial charge in [0.15, 0.2) is 0 Å². The summed E-state index contributed by atoms with van der Waals surface area (Å²) in [6.45, 7) is 5.89. The molecule has 0 heterocycles. The maximum absolute atomic E-state index is 10.8. The molecule has 0 bridgehead atoms. The predicted molar refractivity (Wildman–Crippen MR) is 65.5 cm³/mol. The molecule has 1 N–H and O–H groups in total. The molecule has 0 amide bonds. The lowest BCUT2D eigenvalue weighted by Gasteiger charge is -2.15. The summed E-state index contributed by atoms with van der Waals surface area (Å²) in [5, 5.41) is 8.91. The minimum absolute atomic E-state index is 0.171. The molecule has 0 spiro atoms. The SMILES string of the molecule is CCc1ccc(CC(C)C(C)C(=O)O)cc1. The van der Waals surface area contributed by atoms with Gasteiger partial charge in [-0.15, -0.1) is 0 Å². The molecule has 2 atom stereocenters. The average Bonchev–Trinajstić information content (AvgIpc) is 2.28. The summed E-state index contributed by atoms with van der Waals surface area (Å²) < 4.78 is 0. The molecule has 2 nitrogen and oxygen atoms in total. The molecule has 0 aliphatic rings. The number of hydrogen-bond acceptors (Lipinski definition) is 1. The van der Waals surface area contributed by atoms with Crippen LogP contribution in [0.1, 0.15) is 31.9 Å². The predicted octanol–water partition coefficient (Wildman–Crippen LogP) is 3.15. The van der Waals surface area contributed by atoms with Crippen LogP contribution < -0.4 is 0 Å². The Bertz CT molecular complexity index is 340. The highest BCUT2D eigenvalue weighted by molar-refractivity contribution is 5.69. The van der Waals surface area contributed by atoms with E-state index >= 15 is 0 Å². The molecule has 1 aromatic rings. The second-order valence-electron chi connectivity index (χ2n) is 4.48. The summed E-state index contributed by atoms with van der Waals surface area (Å²) in [6.07, 6.45) is 1.87. The average molecular weight is 220 g/mol. The van der Waals surface area contributed by atoms with E-state index in [9.17, 15) is 4.79 Å². The minimum atomic E-state index is -0.710. The van der Waals surface area contributed by atoms with Crippen LogP contribution in [0.25, 0.3) is 0 Å². The summed E-state index contributed by atoms with van der Waals surface area (Å²) in [5.41, 5.74) is 2.54. The Kier molecular flexibility index (Phi) is 4.53. The highest BCUT2D eigenvalue weighted by atomic mass is 16.4. The Morgan fingerprint density at radius 2 is 1.69 bits per heavy atom. The zero-order valence-electron chi connectivity index (χ0n) is 10.2. The van der Waals surface area contributed by atoms with Gasteiger partial charge in [-0.3, -0.25) is 4.79 Å². The lowest BCUT2D eigenvalue weighted by atomic mass is 9.89. The van der Waals surface area contributed by atoms with Crippen molar-refractivity contribution in [1.29, 1.82) is 0 Å². The van der Waals surface area contributed by atoms with Crippen molar-refractivity contribution >= 4 is 5.97 Å². The number of carbonyl (C=O) groups is 1. The third-order valence-electron chi connectivity index (χ3n) is 3.23. The first-order chi connectivity index (χ1) is 7.54. The van der Waals surface area contributed by atoms with E-state index in [1.165, 1.54) is 11.1 Å². The van der Waals surface area contributed by atoms with Gasteiger partial charge in [-0.2, -0.15) is 0 Å². The van der Waals surface area contributed by atoms with E-state index in [4.69, 9.17) is 5.11 Å². The minimum Gasteiger partial charge on any atom is -0.481 e. The van der Waals surface area contributed by atoms with Crippen molar-refractivity contribution in [2.45, 2.75) is 33.6 Å². The van der Waals surface area contributed by atoms with Crippen molar-refractivity contribution in [3.63, 3.8) is 0 Å². The molecule has 0 fully saturated rings. The monoisotopic (exact) mass is 220 g/mol. The Hall–Kier alpha value is -1.31. The number of hydrogen-bond donors (Lipinski definition) is 1. The molecule has 0 radical (unpaired) electrons. The van der Waals surface area contributed by atoms with E-state index in [1.807, 2.05) is 6.92 Å². The number of aliphatic carboxylic acids is 1. The molecule has 16 heavy (non-hydrogen) atoms. The molecule has 0 aromatic heterocycles. The third kappa shape index (κ3) is 3.37. The van der Waals surface area contributed by atoms with Crippen LogP contribution in [0.5, 0.6) is 0 Å². The fourth-order valence-electron chi connectivity index (χ4n) is 1.70. The molecule has 0 aliphatic heterocycles. The summed E-state index contributed by atoms with van der Waals surface area (Å²) in [7, 11) is 0. The van der Waals surface area contributed by atoms with Gasteiger partial charge >= 0.3 is 5.97 Å². The van der Waals surface area contributed by atoms with Gasteiger partial charge in [0.05, 0.1) is 5.92 Å². The van der Waals surface area contributed by atoms with Crippen molar-refractivity contribution < 1.29 is 9.90 Å². The molecule has 0 saturated carbocycles. The highest BCUT2D eigenvalue weighted by Gasteiger charge is 2.19. The van der Waals surface area contributed by atoms with E-state index in [0.29, 0.717) is 0 Å². The zero-order chi connectivity index (χ0) is 12.1. The Labute approximate surface area is 97.3 Å². The molecule has 2 heteroatoms. The molecule has 1 rings (SSSR count). The molecule has 0 saturated heterocycles. The first-order valence-corrected chi connectivity index (χ1v) is 5.85. The van der Waals surface area contributed by atoms with E-state index in [2.05, 4.69) is 31.2 Å². The van der Waals surface area contributed by atoms with Crippen molar-refractivity contribution in [3.05, 3.63) is 35.4 Å². The quantitative estimate of drug-likeness (QED) is 0.827. The van der Waals surface area contributed by atoms with Gasteiger partial charge in [-0.1, -0.05) is 45.0 Å². The smallest absolute Gasteiger partial charge is 0.306 e. The van der Waals surface area contributed by atoms with E-state index in [1.54, 1.807) is 6.92 Å². The van der Waals surface area contributed by atoms with Crippen LogP contribution in [-0.2, 0) is 17.6 Å². The third-order valence-corrected chi connectivity index (χ3v) is 3.23. The van der Waals surface area contributed by atoms with Gasteiger partial charge in [-0.05, 0) is 29.9 Å². The maximum Gasteiger partial charge on any atom is 0.306 e. The summed E-state index contributed by atoms with van der Waals surface area (Å²) >= 11 is 0. The zero-order valence-corrected chi connectivity index (χ0v) is 10.2. The summed E-state index contributed by atoms with van der Waals surface area (Å²) in [6, 6.07) is 8.44. The second kappa shape index (κ2) is 5.69. The van der Waals surface area contributed by atoms with E-state index < -0.39 is 5.97 Å². The first kappa shape index (κ1) is 12.8. The number of carboxylic acid groups (broad SMARTS) is 1. The van der Waals surface area contributed by atoms with Crippen molar-refractivity contribution in [2.75, 3.05) is 0 Å². The van der Waals surface area contributed by atoms with Gasteiger partial charge < -0.3 is 5.11 Å². The fraction of sp³-hybridized carbons (Fsp3) is 0.500. The molecule has 1 aromatic carbocycles. The summed E-state index contributed by atoms with van der Waals surface area (Å²) in [4.78, 5) is 10.8. The van der Waals surface area contributed by atoms with E-state index in [0.717, 1.165) is 12.8 Å². The lowest BCUT2D eigenvalue weighted by Crippen LogP contribution is -2.19. The largest absolute Gasteiger partial charge is 0.481 e. The Balaban J connectivity index is 2.62. The van der Waals surface area contributed by atoms with Gasteiger partial charge in [0.1, 0.15) is 0 Å². The second-order valence-corrected chi connectivity index (χ2v) is 4.48. The first-order valence-electron chi connectivity index (χ1n) is 5.85. The van der Waals surface area contributed by atoms with Crippen molar-refractivity contribution in [2.24, 2.45) is 11.8 Å². The fourth-order valence-corrected chi connectivity index (χ4v) is 1.70. The van der Waals surface area contributed by atoms with Crippen LogP contribution in [0, 0.1) is 11.8 Å². The molecular formula is C14H20O2. The number of benzene rings is 1. The summed E-state index contributed by atoms with van der Waals surface area (Å²) in [5.74, 6) is -0.825. The highest BCUT2D eigenvalue weighted by Crippen LogP contribution is 2.17. The van der Waals surface area contributed by atoms with Crippen molar-refractivity contribution in [3.8, 4) is 0 Å². The van der Waals surface area contributed by atoms with Gasteiger partial charge in [0, 0.05) is 0 Å². The Morgan fingerprint density at radius 1 is 1.19 bits per heavy atom. The van der Waals surface area contributed by atoms with Crippen LogP contribution in [0.15, 0.2) is 24.3 Å². The molecule has 0 aliphatic carbocycles. The van der Waals surface area contributed by atoms with Gasteiger partial charge in [0.25, 0.3) is 0 Å². The van der Waals surface area contributed by atoms with Gasteiger partial charge in [-0.25, -0.2) is 0 Å². The van der Waals surface area contributed by atoms with Crippen LogP contribution in [0.3, 0.4) is 0 Å². The lowest BCUT2D eigenvalue weighted by molar-refractivity contribution is -0.142. The molecular weight excluding hydrogens is 200 g/mol. The number of carboxylic acids is 1. The van der Waals surface area contributed by atoms with E-state index in [-0.39, 0.29) is 11.8 Å². The van der Waals surface area contributed by atoms with Crippen LogP contribution in [0.4, 0.5) is 0 Å². The number of aryl methyl sites for hydroxylation is 1. The number of rotatable bonds is 5. The van der Waals surface area contributed by atoms with Crippen LogP contribution in [-0.4, -0.2) is 11.1 Å². The normalized spacial score (nSPS) is 14.4. The van der Waals surface area contributed by atoms with Gasteiger partial charge in [0.2, 0.25) is 0 Å². The van der Waals surface area contributed by atoms with Crippen molar-refractivity contribution in [1.82, 2.24) is 0 Å². The Morgan fingerprint density at radius 3 is 2.12 bits per heavy atom. The maximum atomic E-state index is 10.8. The topological polar surface area (TPSA) is 37.3 Å². The van der Waals surface area contributed by atoms with Crippen LogP contribution in [0.2, 0.25) is 0 Å². The standard InChI is InChI=1S/C14H20O2/c1-4-12-5-7-13(8-6-12)9-10(2)11(3)14(15)16/h5-8,10-11H,4,9H2,1-3H3,(H,15,16). The van der Waals surface area contributed by atoms with Crippen LogP contribution >= 0.6 is 0 Å². The molecule has 88 valence electrons. The molecule has 2 unspecified atom stereocenters.